The summed E-state index contributed by atoms with van der Waals surface area (Å²) < 4.78 is 4.64. The molecule has 0 aromatic rings. The molecule has 1 aliphatic rings. The molecule has 1 heterocycles. The number of carbonyl (C=O) groups excluding carboxylic acids is 2. The van der Waals surface area contributed by atoms with E-state index >= 15 is 0 Å². The average molecular weight is 243 g/mol. The van der Waals surface area contributed by atoms with Crippen molar-refractivity contribution in [3.8, 4) is 0 Å². The highest BCUT2D eigenvalue weighted by Gasteiger charge is 2.26. The van der Waals surface area contributed by atoms with E-state index in [1.807, 2.05) is 6.92 Å². The van der Waals surface area contributed by atoms with Crippen LogP contribution in [0.25, 0.3) is 0 Å². The minimum absolute atomic E-state index is 0.0373. The summed E-state index contributed by atoms with van der Waals surface area (Å²) in [6, 6.07) is 0. The van der Waals surface area contributed by atoms with Crippen molar-refractivity contribution < 1.29 is 14.3 Å². The van der Waals surface area contributed by atoms with Crippen molar-refractivity contribution in [1.82, 2.24) is 9.80 Å². The maximum absolute atomic E-state index is 12.0. The Balaban J connectivity index is 2.41. The molecule has 1 rings (SSSR count). The van der Waals surface area contributed by atoms with Crippen molar-refractivity contribution >= 4 is 12.0 Å². The summed E-state index contributed by atoms with van der Waals surface area (Å²) in [6.07, 6.45) is 0.378. The monoisotopic (exact) mass is 243 g/mol. The van der Waals surface area contributed by atoms with Crippen LogP contribution in [-0.4, -0.2) is 61.6 Å². The van der Waals surface area contributed by atoms with E-state index in [1.54, 1.807) is 9.80 Å². The Morgan fingerprint density at radius 1 is 1.24 bits per heavy atom. The molecular formula is C11H21N3O3. The van der Waals surface area contributed by atoms with Gasteiger partial charge in [-0.1, -0.05) is 6.92 Å². The van der Waals surface area contributed by atoms with Crippen molar-refractivity contribution in [3.63, 3.8) is 0 Å². The third-order valence-electron chi connectivity index (χ3n) is 3.05. The molecular weight excluding hydrogens is 222 g/mol. The summed E-state index contributed by atoms with van der Waals surface area (Å²) >= 11 is 0. The maximum atomic E-state index is 12.0. The SMILES string of the molecule is COC(=O)N1CCN(C(=O)C(C)CCN)CC1. The van der Waals surface area contributed by atoms with Crippen molar-refractivity contribution in [1.29, 1.82) is 0 Å². The minimum atomic E-state index is -0.327. The highest BCUT2D eigenvalue weighted by Crippen LogP contribution is 2.10. The number of methoxy groups -OCH3 is 1. The minimum Gasteiger partial charge on any atom is -0.453 e. The summed E-state index contributed by atoms with van der Waals surface area (Å²) in [5.74, 6) is 0.0876. The molecule has 0 aromatic carbocycles. The first-order chi connectivity index (χ1) is 8.10. The Bertz CT molecular complexity index is 275. The largest absolute Gasteiger partial charge is 0.453 e. The van der Waals surface area contributed by atoms with Crippen molar-refractivity contribution in [3.05, 3.63) is 0 Å². The Morgan fingerprint density at radius 2 is 1.76 bits per heavy atom. The molecule has 0 saturated carbocycles. The van der Waals surface area contributed by atoms with Gasteiger partial charge in [0.25, 0.3) is 0 Å². The summed E-state index contributed by atoms with van der Waals surface area (Å²) in [7, 11) is 1.36. The summed E-state index contributed by atoms with van der Waals surface area (Å²) in [6.45, 7) is 4.63. The normalized spacial score (nSPS) is 17.8. The molecule has 0 spiro atoms. The lowest BCUT2D eigenvalue weighted by molar-refractivity contribution is -0.136. The first-order valence-electron chi connectivity index (χ1n) is 5.92. The Morgan fingerprint density at radius 3 is 2.24 bits per heavy atom. The predicted molar refractivity (Wildman–Crippen MR) is 63.4 cm³/mol. The standard InChI is InChI=1S/C11H21N3O3/c1-9(3-4-12)10(15)13-5-7-14(8-6-13)11(16)17-2/h9H,3-8,12H2,1-2H3. The van der Waals surface area contributed by atoms with Crippen LogP contribution < -0.4 is 5.73 Å². The van der Waals surface area contributed by atoms with Gasteiger partial charge in [-0.2, -0.15) is 0 Å². The van der Waals surface area contributed by atoms with Gasteiger partial charge in [0.2, 0.25) is 5.91 Å². The van der Waals surface area contributed by atoms with Crippen LogP contribution >= 0.6 is 0 Å². The fourth-order valence-corrected chi connectivity index (χ4v) is 1.92. The van der Waals surface area contributed by atoms with Crippen LogP contribution in [0.1, 0.15) is 13.3 Å². The summed E-state index contributed by atoms with van der Waals surface area (Å²) in [4.78, 5) is 26.6. The van der Waals surface area contributed by atoms with E-state index in [9.17, 15) is 9.59 Å². The predicted octanol–water partition coefficient (Wildman–Crippen LogP) is -0.118. The number of piperazine rings is 1. The van der Waals surface area contributed by atoms with Crippen molar-refractivity contribution in [2.45, 2.75) is 13.3 Å². The number of hydrogen-bond donors (Lipinski definition) is 1. The first kappa shape index (κ1) is 13.8. The number of ether oxygens (including phenoxy) is 1. The smallest absolute Gasteiger partial charge is 0.409 e. The molecule has 98 valence electrons. The van der Waals surface area contributed by atoms with E-state index in [1.165, 1.54) is 7.11 Å². The molecule has 1 aliphatic heterocycles. The van der Waals surface area contributed by atoms with Crippen LogP contribution in [0.15, 0.2) is 0 Å². The zero-order valence-corrected chi connectivity index (χ0v) is 10.5. The molecule has 0 bridgehead atoms. The number of nitrogens with two attached hydrogens (primary N) is 1. The van der Waals surface area contributed by atoms with E-state index in [0.717, 1.165) is 0 Å². The van der Waals surface area contributed by atoms with Gasteiger partial charge in [-0.25, -0.2) is 4.79 Å². The van der Waals surface area contributed by atoms with Crippen LogP contribution in [0, 0.1) is 5.92 Å². The van der Waals surface area contributed by atoms with Crippen LogP contribution in [0.3, 0.4) is 0 Å². The second-order valence-electron chi connectivity index (χ2n) is 4.26. The van der Waals surface area contributed by atoms with E-state index < -0.39 is 0 Å². The summed E-state index contributed by atoms with van der Waals surface area (Å²) in [5, 5.41) is 0. The number of nitrogens with zero attached hydrogens (tertiary/aromatic N) is 2. The van der Waals surface area contributed by atoms with Gasteiger partial charge in [0.1, 0.15) is 0 Å². The van der Waals surface area contributed by atoms with E-state index in [-0.39, 0.29) is 17.9 Å². The molecule has 2 N–H and O–H groups in total. The highest BCUT2D eigenvalue weighted by atomic mass is 16.5. The zero-order chi connectivity index (χ0) is 12.8. The lowest BCUT2D eigenvalue weighted by Crippen LogP contribution is -2.51. The molecule has 6 heteroatoms. The maximum Gasteiger partial charge on any atom is 0.409 e. The van der Waals surface area contributed by atoms with Gasteiger partial charge >= 0.3 is 6.09 Å². The molecule has 0 radical (unpaired) electrons. The number of carbonyl (C=O) groups is 2. The fourth-order valence-electron chi connectivity index (χ4n) is 1.92. The van der Waals surface area contributed by atoms with E-state index in [2.05, 4.69) is 4.74 Å². The van der Waals surface area contributed by atoms with Gasteiger partial charge in [0, 0.05) is 32.1 Å². The lowest BCUT2D eigenvalue weighted by Gasteiger charge is -2.35. The molecule has 1 atom stereocenters. The molecule has 0 aromatic heterocycles. The van der Waals surface area contributed by atoms with Crippen LogP contribution in [0.5, 0.6) is 0 Å². The molecule has 17 heavy (non-hydrogen) atoms. The third kappa shape index (κ3) is 3.59. The van der Waals surface area contributed by atoms with Crippen LogP contribution in [-0.2, 0) is 9.53 Å². The Kier molecular flexibility index (Phi) is 5.21. The van der Waals surface area contributed by atoms with Gasteiger partial charge in [0.15, 0.2) is 0 Å². The van der Waals surface area contributed by atoms with Gasteiger partial charge in [-0.05, 0) is 13.0 Å². The Hall–Kier alpha value is -1.30. The fraction of sp³-hybridized carbons (Fsp3) is 0.818. The number of rotatable bonds is 3. The average Bonchev–Trinajstić information content (AvgIpc) is 2.37. The zero-order valence-electron chi connectivity index (χ0n) is 10.5. The van der Waals surface area contributed by atoms with E-state index in [0.29, 0.717) is 39.1 Å². The van der Waals surface area contributed by atoms with Crippen molar-refractivity contribution in [2.24, 2.45) is 11.7 Å². The lowest BCUT2D eigenvalue weighted by atomic mass is 10.1. The second kappa shape index (κ2) is 6.44. The highest BCUT2D eigenvalue weighted by molar-refractivity contribution is 5.79. The van der Waals surface area contributed by atoms with Gasteiger partial charge < -0.3 is 20.3 Å². The Labute approximate surface area is 102 Å². The second-order valence-corrected chi connectivity index (χ2v) is 4.26. The van der Waals surface area contributed by atoms with Crippen LogP contribution in [0.2, 0.25) is 0 Å². The van der Waals surface area contributed by atoms with Gasteiger partial charge in [0.05, 0.1) is 7.11 Å². The molecule has 1 saturated heterocycles. The van der Waals surface area contributed by atoms with Crippen LogP contribution in [0.4, 0.5) is 4.79 Å². The summed E-state index contributed by atoms with van der Waals surface area (Å²) in [5.41, 5.74) is 5.44. The quantitative estimate of drug-likeness (QED) is 0.750. The van der Waals surface area contributed by atoms with Gasteiger partial charge in [-0.15, -0.1) is 0 Å². The number of amides is 2. The third-order valence-corrected chi connectivity index (χ3v) is 3.05. The number of hydrogen-bond acceptors (Lipinski definition) is 4. The van der Waals surface area contributed by atoms with Crippen molar-refractivity contribution in [2.75, 3.05) is 39.8 Å². The van der Waals surface area contributed by atoms with Gasteiger partial charge in [-0.3, -0.25) is 4.79 Å². The molecule has 6 nitrogen and oxygen atoms in total. The molecule has 0 aliphatic carbocycles. The van der Waals surface area contributed by atoms with E-state index in [4.69, 9.17) is 5.73 Å². The molecule has 2 amide bonds. The molecule has 1 unspecified atom stereocenters. The first-order valence-corrected chi connectivity index (χ1v) is 5.92. The topological polar surface area (TPSA) is 75.9 Å². The molecule has 1 fully saturated rings.